The zero-order valence-corrected chi connectivity index (χ0v) is 13.9. The molecule has 24 heavy (non-hydrogen) atoms. The lowest BCUT2D eigenvalue weighted by Gasteiger charge is -2.20. The summed E-state index contributed by atoms with van der Waals surface area (Å²) in [6.07, 6.45) is 5.39. The van der Waals surface area contributed by atoms with Crippen molar-refractivity contribution in [2.24, 2.45) is 0 Å². The van der Waals surface area contributed by atoms with Crippen molar-refractivity contribution in [3.63, 3.8) is 0 Å². The molecule has 1 aromatic heterocycles. The molecule has 0 bridgehead atoms. The van der Waals surface area contributed by atoms with Gasteiger partial charge < -0.3 is 10.1 Å². The molecule has 7 nitrogen and oxygen atoms in total. The molecule has 7 heteroatoms. The summed E-state index contributed by atoms with van der Waals surface area (Å²) in [5.74, 6) is 1.24. The van der Waals surface area contributed by atoms with Crippen molar-refractivity contribution in [3.05, 3.63) is 35.2 Å². The number of fused-ring (bicyclic) bond motifs is 1. The van der Waals surface area contributed by atoms with Gasteiger partial charge in [0, 0.05) is 13.0 Å². The van der Waals surface area contributed by atoms with Crippen molar-refractivity contribution in [2.75, 3.05) is 6.54 Å². The molecule has 1 heterocycles. The van der Waals surface area contributed by atoms with Crippen LogP contribution < -0.4 is 10.1 Å². The van der Waals surface area contributed by atoms with Gasteiger partial charge >= 0.3 is 0 Å². The van der Waals surface area contributed by atoms with Gasteiger partial charge in [-0.2, -0.15) is 5.21 Å². The Hall–Kier alpha value is -2.44. The molecular formula is C17H23N5O2. The van der Waals surface area contributed by atoms with Crippen LogP contribution in [-0.2, 0) is 24.1 Å². The number of aromatic nitrogens is 4. The number of hydrogen-bond acceptors (Lipinski definition) is 5. The molecule has 0 radical (unpaired) electrons. The third-order valence-corrected chi connectivity index (χ3v) is 4.30. The number of carbonyl (C=O) groups excluding carboxylic acids is 1. The van der Waals surface area contributed by atoms with E-state index in [0.29, 0.717) is 25.2 Å². The van der Waals surface area contributed by atoms with Gasteiger partial charge in [0.1, 0.15) is 5.75 Å². The Morgan fingerprint density at radius 3 is 2.92 bits per heavy atom. The van der Waals surface area contributed by atoms with Crippen molar-refractivity contribution >= 4 is 5.91 Å². The molecule has 0 saturated heterocycles. The van der Waals surface area contributed by atoms with Crippen molar-refractivity contribution in [2.45, 2.75) is 51.6 Å². The van der Waals surface area contributed by atoms with E-state index in [-0.39, 0.29) is 5.91 Å². The third-order valence-electron chi connectivity index (χ3n) is 4.30. The van der Waals surface area contributed by atoms with Gasteiger partial charge in [-0.25, -0.2) is 0 Å². The molecule has 0 aliphatic heterocycles. The Labute approximate surface area is 141 Å². The van der Waals surface area contributed by atoms with E-state index in [4.69, 9.17) is 4.74 Å². The number of carbonyl (C=O) groups is 1. The number of tetrazole rings is 1. The number of ether oxygens (including phenoxy) is 1. The first-order valence-corrected chi connectivity index (χ1v) is 8.54. The number of benzene rings is 1. The summed E-state index contributed by atoms with van der Waals surface area (Å²) in [5.41, 5.74) is 2.76. The predicted octanol–water partition coefficient (Wildman–Crippen LogP) is 1.59. The summed E-state index contributed by atoms with van der Waals surface area (Å²) in [6.45, 7) is 2.41. The van der Waals surface area contributed by atoms with Crippen molar-refractivity contribution in [3.8, 4) is 5.75 Å². The van der Waals surface area contributed by atoms with Crippen LogP contribution in [0.2, 0.25) is 0 Å². The van der Waals surface area contributed by atoms with Gasteiger partial charge in [-0.1, -0.05) is 18.2 Å². The molecule has 2 aromatic rings. The largest absolute Gasteiger partial charge is 0.481 e. The van der Waals surface area contributed by atoms with Gasteiger partial charge in [0.05, 0.1) is 0 Å². The molecule has 0 unspecified atom stereocenters. The molecule has 1 amide bonds. The van der Waals surface area contributed by atoms with Crippen LogP contribution in [0.25, 0.3) is 0 Å². The molecule has 2 N–H and O–H groups in total. The van der Waals surface area contributed by atoms with E-state index in [9.17, 15) is 4.79 Å². The van der Waals surface area contributed by atoms with E-state index in [0.717, 1.165) is 18.6 Å². The first-order valence-electron chi connectivity index (χ1n) is 8.54. The second-order valence-corrected chi connectivity index (χ2v) is 6.02. The quantitative estimate of drug-likeness (QED) is 0.805. The molecule has 0 saturated carbocycles. The summed E-state index contributed by atoms with van der Waals surface area (Å²) >= 11 is 0. The molecule has 3 rings (SSSR count). The van der Waals surface area contributed by atoms with Crippen molar-refractivity contribution in [1.29, 1.82) is 0 Å². The van der Waals surface area contributed by atoms with Gasteiger partial charge in [0.2, 0.25) is 0 Å². The lowest BCUT2D eigenvalue weighted by atomic mass is 9.92. The summed E-state index contributed by atoms with van der Waals surface area (Å²) in [5, 5.41) is 16.5. The fourth-order valence-corrected chi connectivity index (χ4v) is 2.97. The van der Waals surface area contributed by atoms with E-state index in [2.05, 4.69) is 38.1 Å². The van der Waals surface area contributed by atoms with E-state index in [1.54, 1.807) is 0 Å². The standard InChI is InChI=1S/C17H23N5O2/c1-2-15(17(23)18-10-9-16-19-21-22-20-16)24-14-8-7-12-5-3-4-6-13(12)11-14/h7-8,11,15H,2-6,9-10H2,1H3,(H,18,23)(H,19,20,21,22)/t15-/m1/s1. The Morgan fingerprint density at radius 2 is 2.17 bits per heavy atom. The Morgan fingerprint density at radius 1 is 1.33 bits per heavy atom. The molecule has 1 atom stereocenters. The van der Waals surface area contributed by atoms with Gasteiger partial charge in [0.15, 0.2) is 11.9 Å². The highest BCUT2D eigenvalue weighted by Gasteiger charge is 2.19. The summed E-state index contributed by atoms with van der Waals surface area (Å²) in [6, 6.07) is 6.19. The molecule has 1 aromatic carbocycles. The van der Waals surface area contributed by atoms with Crippen LogP contribution in [0.15, 0.2) is 18.2 Å². The fraction of sp³-hybridized carbons (Fsp3) is 0.529. The predicted molar refractivity (Wildman–Crippen MR) is 88.7 cm³/mol. The van der Waals surface area contributed by atoms with Gasteiger partial charge in [-0.3, -0.25) is 4.79 Å². The van der Waals surface area contributed by atoms with Crippen molar-refractivity contribution < 1.29 is 9.53 Å². The molecule has 128 valence electrons. The average Bonchev–Trinajstić information content (AvgIpc) is 3.13. The third kappa shape index (κ3) is 4.10. The second-order valence-electron chi connectivity index (χ2n) is 6.02. The number of hydrogen-bond donors (Lipinski definition) is 2. The number of H-pyrrole nitrogens is 1. The first kappa shape index (κ1) is 16.4. The fourth-order valence-electron chi connectivity index (χ4n) is 2.97. The zero-order valence-electron chi connectivity index (χ0n) is 13.9. The summed E-state index contributed by atoms with van der Waals surface area (Å²) in [7, 11) is 0. The van der Waals surface area contributed by atoms with Crippen LogP contribution in [0, 0.1) is 0 Å². The van der Waals surface area contributed by atoms with Crippen LogP contribution >= 0.6 is 0 Å². The molecular weight excluding hydrogens is 306 g/mol. The van der Waals surface area contributed by atoms with Gasteiger partial charge in [0.25, 0.3) is 5.91 Å². The maximum Gasteiger partial charge on any atom is 0.261 e. The summed E-state index contributed by atoms with van der Waals surface area (Å²) < 4.78 is 5.92. The maximum atomic E-state index is 12.3. The zero-order chi connectivity index (χ0) is 16.8. The Balaban J connectivity index is 1.54. The van der Waals surface area contributed by atoms with E-state index >= 15 is 0 Å². The lowest BCUT2D eigenvalue weighted by Crippen LogP contribution is -2.39. The van der Waals surface area contributed by atoms with E-state index in [1.807, 2.05) is 13.0 Å². The SMILES string of the molecule is CC[C@@H](Oc1ccc2c(c1)CCCC2)C(=O)NCCc1nn[nH]n1. The van der Waals surface area contributed by atoms with Gasteiger partial charge in [-0.05, 0) is 55.4 Å². The van der Waals surface area contributed by atoms with Crippen LogP contribution in [0.4, 0.5) is 0 Å². The highest BCUT2D eigenvalue weighted by Crippen LogP contribution is 2.26. The van der Waals surface area contributed by atoms with E-state index < -0.39 is 6.10 Å². The van der Waals surface area contributed by atoms with Crippen LogP contribution in [0.3, 0.4) is 0 Å². The van der Waals surface area contributed by atoms with E-state index in [1.165, 1.54) is 24.0 Å². The maximum absolute atomic E-state index is 12.3. The average molecular weight is 329 g/mol. The number of nitrogens with one attached hydrogen (secondary N) is 2. The monoisotopic (exact) mass is 329 g/mol. The minimum Gasteiger partial charge on any atom is -0.481 e. The highest BCUT2D eigenvalue weighted by molar-refractivity contribution is 5.81. The number of aryl methyl sites for hydroxylation is 2. The number of rotatable bonds is 7. The number of aromatic amines is 1. The van der Waals surface area contributed by atoms with Crippen molar-refractivity contribution in [1.82, 2.24) is 25.9 Å². The number of nitrogens with zero attached hydrogens (tertiary/aromatic N) is 3. The van der Waals surface area contributed by atoms with Gasteiger partial charge in [-0.15, -0.1) is 10.2 Å². The molecule has 1 aliphatic rings. The lowest BCUT2D eigenvalue weighted by molar-refractivity contribution is -0.128. The summed E-state index contributed by atoms with van der Waals surface area (Å²) in [4.78, 5) is 12.3. The molecule has 0 fully saturated rings. The molecule has 1 aliphatic carbocycles. The number of amides is 1. The highest BCUT2D eigenvalue weighted by atomic mass is 16.5. The topological polar surface area (TPSA) is 92.8 Å². The van der Waals surface area contributed by atoms with Crippen LogP contribution in [0.5, 0.6) is 5.75 Å². The minimum atomic E-state index is -0.489. The smallest absolute Gasteiger partial charge is 0.261 e. The Bertz CT molecular complexity index is 672. The normalized spacial score (nSPS) is 14.7. The van der Waals surface area contributed by atoms with Crippen LogP contribution in [-0.4, -0.2) is 39.2 Å². The molecule has 0 spiro atoms. The minimum absolute atomic E-state index is 0.112. The van der Waals surface area contributed by atoms with Crippen LogP contribution in [0.1, 0.15) is 43.1 Å². The second kappa shape index (κ2) is 7.90. The Kier molecular flexibility index (Phi) is 5.40. The first-order chi connectivity index (χ1) is 11.8.